The zero-order chi connectivity index (χ0) is 54.5. The Bertz CT molecular complexity index is 2650. The average molecular weight is 1090 g/mol. The van der Waals surface area contributed by atoms with E-state index in [4.69, 9.17) is 42.9 Å². The van der Waals surface area contributed by atoms with Crippen LogP contribution in [-0.4, -0.2) is 148 Å². The third-order valence-corrected chi connectivity index (χ3v) is 11.9. The van der Waals surface area contributed by atoms with Gasteiger partial charge in [0.05, 0.1) is 91.5 Å². The van der Waals surface area contributed by atoms with Gasteiger partial charge in [0.15, 0.2) is 11.7 Å². The number of amidine groups is 2. The summed E-state index contributed by atoms with van der Waals surface area (Å²) in [6.07, 6.45) is 5.63. The van der Waals surface area contributed by atoms with Gasteiger partial charge in [-0.2, -0.15) is 5.01 Å². The van der Waals surface area contributed by atoms with Crippen LogP contribution in [0.2, 0.25) is 0 Å². The third kappa shape index (κ3) is 21.6. The van der Waals surface area contributed by atoms with E-state index in [9.17, 15) is 23.7 Å². The minimum absolute atomic E-state index is 0.0171. The first-order valence-corrected chi connectivity index (χ1v) is 26.7. The molecule has 77 heavy (non-hydrogen) atoms. The van der Waals surface area contributed by atoms with E-state index in [1.165, 1.54) is 24.3 Å². The first-order valence-electron chi connectivity index (χ1n) is 25.2. The molecule has 4 aromatic rings. The molecule has 0 fully saturated rings. The van der Waals surface area contributed by atoms with Crippen molar-refractivity contribution in [3.63, 3.8) is 0 Å². The van der Waals surface area contributed by atoms with Crippen LogP contribution in [0.5, 0.6) is 5.75 Å². The van der Waals surface area contributed by atoms with Crippen molar-refractivity contribution in [2.24, 2.45) is 10.2 Å². The molecule has 0 spiro atoms. The Balaban J connectivity index is 0.706. The van der Waals surface area contributed by atoms with Crippen molar-refractivity contribution >= 4 is 60.6 Å². The number of anilines is 1. The number of allylic oxidation sites excluding steroid dienone is 1. The second-order valence-corrected chi connectivity index (χ2v) is 18.3. The van der Waals surface area contributed by atoms with Crippen LogP contribution >= 0.6 is 7.82 Å². The highest BCUT2D eigenvalue weighted by molar-refractivity contribution is 7.46. The molecular weight excluding hydrogens is 1020 g/mol. The topological polar surface area (TPSA) is 280 Å². The summed E-state index contributed by atoms with van der Waals surface area (Å²) in [4.78, 5) is 75.5. The van der Waals surface area contributed by atoms with Crippen molar-refractivity contribution in [2.45, 2.75) is 52.2 Å². The third-order valence-electron chi connectivity index (χ3n) is 11.4. The fourth-order valence-electron chi connectivity index (χ4n) is 7.59. The maximum atomic E-state index is 13.5. The van der Waals surface area contributed by atoms with Crippen molar-refractivity contribution in [3.8, 4) is 5.75 Å². The molecule has 0 unspecified atom stereocenters. The van der Waals surface area contributed by atoms with Gasteiger partial charge >= 0.3 is 13.9 Å². The highest BCUT2D eigenvalue weighted by atomic mass is 31.2. The first-order chi connectivity index (χ1) is 37.4. The molecule has 0 saturated heterocycles. The average Bonchev–Trinajstić information content (AvgIpc) is 3.43. The zero-order valence-corrected chi connectivity index (χ0v) is 43.9. The second kappa shape index (κ2) is 32.6. The molecule has 2 aliphatic heterocycles. The number of benzene rings is 3. The minimum atomic E-state index is -4.72. The lowest BCUT2D eigenvalue weighted by atomic mass is 9.96. The monoisotopic (exact) mass is 1090 g/mol. The van der Waals surface area contributed by atoms with Crippen LogP contribution < -0.4 is 25.5 Å². The number of phosphoric ester groups is 1. The molecule has 0 bridgehead atoms. The fourth-order valence-corrected chi connectivity index (χ4v) is 7.99. The lowest BCUT2D eigenvalue weighted by Gasteiger charge is -2.28. The summed E-state index contributed by atoms with van der Waals surface area (Å²) < 4.78 is 54.3. The van der Waals surface area contributed by atoms with Gasteiger partial charge in [0.1, 0.15) is 12.4 Å². The van der Waals surface area contributed by atoms with Gasteiger partial charge in [-0.25, -0.2) is 9.36 Å². The smallest absolute Gasteiger partial charge is 0.443 e. The summed E-state index contributed by atoms with van der Waals surface area (Å²) in [5.74, 6) is -0.0238. The summed E-state index contributed by atoms with van der Waals surface area (Å²) in [6.45, 7) is 7.06. The van der Waals surface area contributed by atoms with Gasteiger partial charge in [-0.15, -0.1) is 10.2 Å². The number of carbonyl (C=O) groups is 4. The van der Waals surface area contributed by atoms with E-state index in [2.05, 4.69) is 54.8 Å². The molecule has 23 nitrogen and oxygen atoms in total. The van der Waals surface area contributed by atoms with Crippen LogP contribution in [0.1, 0.15) is 66.8 Å². The van der Waals surface area contributed by atoms with Crippen molar-refractivity contribution in [2.75, 3.05) is 97.3 Å². The molecule has 6 rings (SSSR count). The molecule has 0 aliphatic carbocycles. The van der Waals surface area contributed by atoms with E-state index in [0.717, 1.165) is 33.0 Å². The molecule has 1 aromatic heterocycles. The zero-order valence-electron chi connectivity index (χ0n) is 43.0. The predicted molar refractivity (Wildman–Crippen MR) is 284 cm³/mol. The van der Waals surface area contributed by atoms with Crippen molar-refractivity contribution in [3.05, 3.63) is 125 Å². The Morgan fingerprint density at radius 1 is 0.675 bits per heavy atom. The normalized spacial score (nSPS) is 13.8. The van der Waals surface area contributed by atoms with Crippen molar-refractivity contribution in [1.82, 2.24) is 26.1 Å². The Kier molecular flexibility index (Phi) is 25.1. The first kappa shape index (κ1) is 59.3. The summed E-state index contributed by atoms with van der Waals surface area (Å²) in [5, 5.41) is 15.1. The van der Waals surface area contributed by atoms with Crippen LogP contribution in [0.3, 0.4) is 0 Å². The number of hydrogen-bond donors (Lipinski definition) is 5. The number of carbonyl (C=O) groups excluding carboxylic acids is 4. The molecule has 2 aliphatic rings. The van der Waals surface area contributed by atoms with E-state index >= 15 is 0 Å². The van der Waals surface area contributed by atoms with Gasteiger partial charge in [0.25, 0.3) is 0 Å². The number of aromatic nitrogens is 1. The Morgan fingerprint density at radius 3 is 1.95 bits per heavy atom. The van der Waals surface area contributed by atoms with E-state index in [-0.39, 0.29) is 87.2 Å². The summed E-state index contributed by atoms with van der Waals surface area (Å²) in [7, 11) is -4.72. The van der Waals surface area contributed by atoms with Crippen LogP contribution in [0.25, 0.3) is 11.6 Å². The number of hydrazine groups is 1. The largest absolute Gasteiger partial charge is 0.524 e. The number of phosphoric acid groups is 1. The second-order valence-electron chi connectivity index (χ2n) is 17.2. The van der Waals surface area contributed by atoms with Gasteiger partial charge in [-0.3, -0.25) is 34.6 Å². The molecule has 3 aromatic carbocycles. The molecule has 24 heteroatoms. The van der Waals surface area contributed by atoms with Crippen molar-refractivity contribution in [1.29, 1.82) is 0 Å². The highest BCUT2D eigenvalue weighted by Crippen LogP contribution is 2.37. The van der Waals surface area contributed by atoms with E-state index in [1.54, 1.807) is 24.5 Å². The molecule has 0 atom stereocenters. The number of nitrogens with zero attached hydrogens (tertiary/aromatic N) is 5. The number of nitrogens with one attached hydrogen (secondary N) is 3. The van der Waals surface area contributed by atoms with Gasteiger partial charge < -0.3 is 53.2 Å². The number of para-hydroxylation sites is 1. The van der Waals surface area contributed by atoms with Gasteiger partial charge in [0, 0.05) is 62.3 Å². The number of pyridine rings is 1. The maximum absolute atomic E-state index is 13.5. The summed E-state index contributed by atoms with van der Waals surface area (Å²) in [6, 6.07) is 25.0. The van der Waals surface area contributed by atoms with Crippen LogP contribution in [0.15, 0.2) is 108 Å². The Labute approximate surface area is 447 Å². The van der Waals surface area contributed by atoms with E-state index < -0.39 is 13.9 Å². The molecule has 0 radical (unpaired) electrons. The maximum Gasteiger partial charge on any atom is 0.524 e. The standard InChI is InChI=1S/C53H67N8O15P/c1-40-37-43-7-2-3-8-44(43)38-60(47-10-5-4-9-46(40)47)51(64)12-6-11-49(62)56-24-26-70-28-30-72-32-34-74-36-35-73-33-31-71-29-27-69-25-20-50(63)55-23-19-48-57-58-52(42-17-21-54-22-18-42)59-61(48)53(65)75-39-41-13-15-45(16-14-41)76-77(66,67)68/h2-5,7-10,13-18,21-22,37H,6,11-12,19-20,23-36,38-39H2,1H3,(H,55,63)(H,56,62)(H,58,59)(H2,66,67,68)/b40-37-. The Hall–Kier alpha value is -6.92. The van der Waals surface area contributed by atoms with E-state index in [1.807, 2.05) is 47.4 Å². The SMILES string of the molecule is C/C1=C/c2ccccc2CN(C(=O)CCCC(=O)NCCOCCOCCOCCOCCOCCOCCC(=O)NCCC2=NN=C(c3ccncc3)NN2C(=O)OCc2ccc(OP(=O)(O)O)cc2)c2ccccc21. The van der Waals surface area contributed by atoms with E-state index in [0.29, 0.717) is 96.7 Å². The summed E-state index contributed by atoms with van der Waals surface area (Å²) in [5.41, 5.74) is 9.20. The Morgan fingerprint density at radius 2 is 1.27 bits per heavy atom. The number of fused-ring (bicyclic) bond motifs is 2. The molecule has 0 saturated carbocycles. The fraction of sp³-hybridized carbons (Fsp3) is 0.415. The number of hydrogen-bond acceptors (Lipinski definition) is 17. The molecular formula is C53H67N8O15P. The number of ether oxygens (including phenoxy) is 7. The van der Waals surface area contributed by atoms with Gasteiger partial charge in [-0.05, 0) is 65.9 Å². The molecule has 414 valence electrons. The highest BCUT2D eigenvalue weighted by Gasteiger charge is 2.27. The molecule has 4 amide bonds. The van der Waals surface area contributed by atoms with Crippen LogP contribution in [0, 0.1) is 0 Å². The lowest BCUT2D eigenvalue weighted by Crippen LogP contribution is -2.52. The molecule has 3 heterocycles. The minimum Gasteiger partial charge on any atom is -0.443 e. The van der Waals surface area contributed by atoms with Crippen LogP contribution in [-0.2, 0) is 65.3 Å². The number of rotatable bonds is 33. The lowest BCUT2D eigenvalue weighted by molar-refractivity contribution is -0.123. The molecule has 5 N–H and O–H groups in total. The van der Waals surface area contributed by atoms with Gasteiger partial charge in [0.2, 0.25) is 17.7 Å². The van der Waals surface area contributed by atoms with Gasteiger partial charge in [-0.1, -0.05) is 60.7 Å². The predicted octanol–water partition coefficient (Wildman–Crippen LogP) is 5.16. The number of amides is 4. The summed E-state index contributed by atoms with van der Waals surface area (Å²) >= 11 is 0. The van der Waals surface area contributed by atoms with Crippen molar-refractivity contribution < 1.29 is 71.2 Å². The van der Waals surface area contributed by atoms with Crippen LogP contribution in [0.4, 0.5) is 10.5 Å². The quantitative estimate of drug-likeness (QED) is 0.0304.